The minimum absolute atomic E-state index is 0.0687. The normalized spacial score (nSPS) is 10.5. The minimum atomic E-state index is -0.556. The molecule has 0 unspecified atom stereocenters. The number of nitrogens with zero attached hydrogens (tertiary/aromatic N) is 2. The van der Waals surface area contributed by atoms with E-state index in [0.29, 0.717) is 29.1 Å². The number of nitrogens with one attached hydrogen (secondary N) is 1. The maximum atomic E-state index is 12.5. The highest BCUT2D eigenvalue weighted by molar-refractivity contribution is 6.41. The van der Waals surface area contributed by atoms with Crippen LogP contribution in [0.5, 0.6) is 0 Å². The molecule has 9 heteroatoms. The van der Waals surface area contributed by atoms with Gasteiger partial charge in [-0.05, 0) is 55.0 Å². The molecular formula is C22H19Cl2N3O4. The molecule has 0 fully saturated rings. The summed E-state index contributed by atoms with van der Waals surface area (Å²) in [5, 5.41) is 6.64. The molecule has 0 aliphatic carbocycles. The number of aromatic nitrogens is 2. The van der Waals surface area contributed by atoms with Gasteiger partial charge in [0, 0.05) is 11.3 Å². The van der Waals surface area contributed by atoms with E-state index < -0.39 is 11.5 Å². The van der Waals surface area contributed by atoms with Crippen molar-refractivity contribution >= 4 is 40.8 Å². The number of carbonyl (C=O) groups is 2. The Bertz CT molecular complexity index is 1140. The number of amides is 1. The number of benzene rings is 2. The van der Waals surface area contributed by atoms with E-state index in [0.717, 1.165) is 17.5 Å². The lowest BCUT2D eigenvalue weighted by molar-refractivity contribution is 0.0499. The molecule has 1 heterocycles. The maximum absolute atomic E-state index is 12.5. The Hall–Kier alpha value is -3.16. The molecule has 160 valence electrons. The third kappa shape index (κ3) is 5.51. The highest BCUT2D eigenvalue weighted by atomic mass is 35.5. The van der Waals surface area contributed by atoms with Crippen LogP contribution in [0, 0.1) is 0 Å². The van der Waals surface area contributed by atoms with Gasteiger partial charge >= 0.3 is 5.97 Å². The van der Waals surface area contributed by atoms with Gasteiger partial charge in [0.15, 0.2) is 0 Å². The molecule has 1 aromatic heterocycles. The fourth-order valence-corrected chi connectivity index (χ4v) is 2.89. The molecule has 31 heavy (non-hydrogen) atoms. The van der Waals surface area contributed by atoms with Crippen LogP contribution in [0.1, 0.15) is 40.5 Å². The lowest BCUT2D eigenvalue weighted by Gasteiger charge is -2.09. The first-order chi connectivity index (χ1) is 14.9. The number of ether oxygens (including phenoxy) is 1. The molecule has 0 saturated carbocycles. The van der Waals surface area contributed by atoms with Crippen molar-refractivity contribution in [1.82, 2.24) is 9.78 Å². The Morgan fingerprint density at radius 1 is 1.03 bits per heavy atom. The zero-order valence-corrected chi connectivity index (χ0v) is 18.1. The van der Waals surface area contributed by atoms with Crippen LogP contribution in [0.4, 0.5) is 5.69 Å². The monoisotopic (exact) mass is 459 g/mol. The fourth-order valence-electron chi connectivity index (χ4n) is 2.64. The lowest BCUT2D eigenvalue weighted by atomic mass is 10.1. The van der Waals surface area contributed by atoms with Crippen molar-refractivity contribution in [2.45, 2.75) is 19.8 Å². The first-order valence-corrected chi connectivity index (χ1v) is 10.3. The number of hydrogen-bond donors (Lipinski definition) is 1. The smallest absolute Gasteiger partial charge is 0.338 e. The Balaban J connectivity index is 1.67. The average molecular weight is 460 g/mol. The van der Waals surface area contributed by atoms with Crippen LogP contribution in [-0.4, -0.2) is 28.3 Å². The van der Waals surface area contributed by atoms with Crippen molar-refractivity contribution in [1.29, 1.82) is 0 Å². The summed E-state index contributed by atoms with van der Waals surface area (Å²) in [6, 6.07) is 12.7. The largest absolute Gasteiger partial charge is 0.462 e. The Kier molecular flexibility index (Phi) is 7.44. The Morgan fingerprint density at radius 3 is 2.32 bits per heavy atom. The third-order valence-corrected chi connectivity index (χ3v) is 5.11. The second-order valence-corrected chi connectivity index (χ2v) is 7.38. The molecule has 3 aromatic rings. The highest BCUT2D eigenvalue weighted by Gasteiger charge is 2.12. The number of rotatable bonds is 7. The zero-order chi connectivity index (χ0) is 22.4. The zero-order valence-electron chi connectivity index (χ0n) is 16.6. The predicted octanol–water partition coefficient (Wildman–Crippen LogP) is 4.75. The highest BCUT2D eigenvalue weighted by Crippen LogP contribution is 2.17. The van der Waals surface area contributed by atoms with Crippen LogP contribution in [0.2, 0.25) is 10.0 Å². The number of halogens is 2. The molecule has 0 aliphatic rings. The fraction of sp³-hybridized carbons (Fsp3) is 0.182. The summed E-state index contributed by atoms with van der Waals surface area (Å²) in [7, 11) is 0. The lowest BCUT2D eigenvalue weighted by Crippen LogP contribution is -2.21. The molecule has 3 rings (SSSR count). The van der Waals surface area contributed by atoms with E-state index in [1.807, 2.05) is 6.92 Å². The third-order valence-electron chi connectivity index (χ3n) is 4.36. The number of hydrogen-bond acceptors (Lipinski definition) is 5. The van der Waals surface area contributed by atoms with E-state index in [2.05, 4.69) is 10.4 Å². The van der Waals surface area contributed by atoms with E-state index in [1.165, 1.54) is 6.20 Å². The van der Waals surface area contributed by atoms with Gasteiger partial charge in [0.05, 0.1) is 29.1 Å². The van der Waals surface area contributed by atoms with Crippen molar-refractivity contribution in [3.63, 3.8) is 0 Å². The minimum Gasteiger partial charge on any atom is -0.462 e. The molecular weight excluding hydrogens is 441 g/mol. The van der Waals surface area contributed by atoms with Crippen molar-refractivity contribution in [2.24, 2.45) is 0 Å². The average Bonchev–Trinajstić information content (AvgIpc) is 2.78. The molecule has 1 amide bonds. The Labute approximate surface area is 188 Å². The van der Waals surface area contributed by atoms with E-state index >= 15 is 0 Å². The topological polar surface area (TPSA) is 90.3 Å². The first kappa shape index (κ1) is 22.5. The van der Waals surface area contributed by atoms with Crippen LogP contribution in [0.25, 0.3) is 5.69 Å². The van der Waals surface area contributed by atoms with Gasteiger partial charge in [-0.1, -0.05) is 36.5 Å². The quantitative estimate of drug-likeness (QED) is 0.406. The van der Waals surface area contributed by atoms with Crippen LogP contribution in [-0.2, 0) is 4.74 Å². The second-order valence-electron chi connectivity index (χ2n) is 6.59. The Morgan fingerprint density at radius 2 is 1.68 bits per heavy atom. The summed E-state index contributed by atoms with van der Waals surface area (Å²) in [5.74, 6) is -0.743. The van der Waals surface area contributed by atoms with Crippen molar-refractivity contribution in [3.8, 4) is 5.69 Å². The van der Waals surface area contributed by atoms with Crippen LogP contribution < -0.4 is 10.9 Å². The van der Waals surface area contributed by atoms with Gasteiger partial charge in [0.2, 0.25) is 0 Å². The number of unbranched alkanes of at least 4 members (excludes halogenated alkanes) is 1. The van der Waals surface area contributed by atoms with Gasteiger partial charge in [0.1, 0.15) is 5.02 Å². The van der Waals surface area contributed by atoms with Crippen LogP contribution in [0.3, 0.4) is 0 Å². The molecule has 7 nitrogen and oxygen atoms in total. The SMILES string of the molecule is CCCCOC(=O)c1ccc(NC(=O)c2ccc(-n3ncc(Cl)c(Cl)c3=O)cc2)cc1. The molecule has 0 radical (unpaired) electrons. The second kappa shape index (κ2) is 10.2. The summed E-state index contributed by atoms with van der Waals surface area (Å²) in [6.07, 6.45) is 3.03. The van der Waals surface area contributed by atoms with E-state index in [-0.39, 0.29) is 16.0 Å². The van der Waals surface area contributed by atoms with Gasteiger partial charge in [-0.2, -0.15) is 9.78 Å². The molecule has 0 saturated heterocycles. The molecule has 0 spiro atoms. The van der Waals surface area contributed by atoms with Gasteiger partial charge in [0.25, 0.3) is 11.5 Å². The molecule has 0 atom stereocenters. The predicted molar refractivity (Wildman–Crippen MR) is 119 cm³/mol. The summed E-state index contributed by atoms with van der Waals surface area (Å²) in [4.78, 5) is 36.6. The van der Waals surface area contributed by atoms with Gasteiger partial charge in [-0.15, -0.1) is 0 Å². The van der Waals surface area contributed by atoms with Crippen molar-refractivity contribution < 1.29 is 14.3 Å². The number of esters is 1. The summed E-state index contributed by atoms with van der Waals surface area (Å²) in [6.45, 7) is 2.40. The standard InChI is InChI=1S/C22H19Cl2N3O4/c1-2-3-12-31-22(30)15-4-8-16(9-5-15)26-20(28)14-6-10-17(11-7-14)27-21(29)19(24)18(23)13-25-27/h4-11,13H,2-3,12H2,1H3,(H,26,28). The van der Waals surface area contributed by atoms with Crippen molar-refractivity contribution in [3.05, 3.63) is 86.3 Å². The molecule has 2 aromatic carbocycles. The van der Waals surface area contributed by atoms with Crippen LogP contribution >= 0.6 is 23.2 Å². The van der Waals surface area contributed by atoms with E-state index in [4.69, 9.17) is 27.9 Å². The molecule has 1 N–H and O–H groups in total. The van der Waals surface area contributed by atoms with E-state index in [1.54, 1.807) is 48.5 Å². The maximum Gasteiger partial charge on any atom is 0.338 e. The number of carbonyl (C=O) groups excluding carboxylic acids is 2. The van der Waals surface area contributed by atoms with Crippen molar-refractivity contribution in [2.75, 3.05) is 11.9 Å². The van der Waals surface area contributed by atoms with E-state index in [9.17, 15) is 14.4 Å². The summed E-state index contributed by atoms with van der Waals surface area (Å²) < 4.78 is 6.25. The molecule has 0 aliphatic heterocycles. The summed E-state index contributed by atoms with van der Waals surface area (Å²) in [5.41, 5.74) is 1.20. The number of anilines is 1. The van der Waals surface area contributed by atoms with Gasteiger partial charge in [-0.25, -0.2) is 4.79 Å². The van der Waals surface area contributed by atoms with Crippen LogP contribution in [0.15, 0.2) is 59.5 Å². The molecule has 0 bridgehead atoms. The van der Waals surface area contributed by atoms with Gasteiger partial charge < -0.3 is 10.1 Å². The van der Waals surface area contributed by atoms with Gasteiger partial charge in [-0.3, -0.25) is 9.59 Å². The summed E-state index contributed by atoms with van der Waals surface area (Å²) >= 11 is 11.7. The first-order valence-electron chi connectivity index (χ1n) is 9.53.